The number of rotatable bonds is 14. The summed E-state index contributed by atoms with van der Waals surface area (Å²) in [6.07, 6.45) is 5.29. The Morgan fingerprint density at radius 3 is 2.20 bits per heavy atom. The molecule has 2 amide bonds. The molecular weight excluding hydrogens is 702 g/mol. The molecule has 258 valence electrons. The second-order valence-electron chi connectivity index (χ2n) is 12.5. The molecule has 8 nitrogen and oxygen atoms in total. The quantitative estimate of drug-likeness (QED) is 0.145. The molecule has 5 rings (SSSR count). The molecule has 1 aliphatic carbocycles. The minimum atomic E-state index is -4.19. The number of halogens is 1. The first-order valence-corrected chi connectivity index (χ1v) is 19.1. The zero-order valence-corrected chi connectivity index (χ0v) is 30.5. The van der Waals surface area contributed by atoms with Crippen LogP contribution in [0.1, 0.15) is 55.7 Å². The first kappa shape index (κ1) is 36.1. The van der Waals surface area contributed by atoms with E-state index in [9.17, 15) is 18.0 Å². The average molecular weight is 747 g/mol. The van der Waals surface area contributed by atoms with Crippen molar-refractivity contribution < 1.29 is 22.7 Å². The van der Waals surface area contributed by atoms with Crippen LogP contribution in [-0.2, 0) is 32.6 Å². The number of hydrogen-bond acceptors (Lipinski definition) is 5. The number of nitrogens with one attached hydrogen (secondary N) is 1. The van der Waals surface area contributed by atoms with E-state index in [1.165, 1.54) is 0 Å². The predicted molar refractivity (Wildman–Crippen MR) is 197 cm³/mol. The largest absolute Gasteiger partial charge is 0.494 e. The van der Waals surface area contributed by atoms with Gasteiger partial charge >= 0.3 is 0 Å². The molecule has 4 aromatic carbocycles. The van der Waals surface area contributed by atoms with Gasteiger partial charge in [0, 0.05) is 23.5 Å². The van der Waals surface area contributed by atoms with Crippen LogP contribution in [0.2, 0.25) is 0 Å². The van der Waals surface area contributed by atoms with Crippen molar-refractivity contribution in [2.45, 2.75) is 75.9 Å². The Morgan fingerprint density at radius 1 is 0.878 bits per heavy atom. The van der Waals surface area contributed by atoms with Gasteiger partial charge < -0.3 is 15.0 Å². The summed E-state index contributed by atoms with van der Waals surface area (Å²) >= 11 is 3.54. The van der Waals surface area contributed by atoms with E-state index in [2.05, 4.69) is 21.2 Å². The second kappa shape index (κ2) is 17.0. The number of aryl methyl sites for hydroxylation is 1. The summed E-state index contributed by atoms with van der Waals surface area (Å²) in [6, 6.07) is 29.6. The molecule has 0 heterocycles. The van der Waals surface area contributed by atoms with Crippen molar-refractivity contribution in [1.82, 2.24) is 10.2 Å². The van der Waals surface area contributed by atoms with Gasteiger partial charge in [0.05, 0.1) is 17.2 Å². The van der Waals surface area contributed by atoms with E-state index >= 15 is 0 Å². The number of amides is 2. The Kier molecular flexibility index (Phi) is 12.5. The minimum absolute atomic E-state index is 0.0320. The fourth-order valence-electron chi connectivity index (χ4n) is 6.17. The Balaban J connectivity index is 1.56. The van der Waals surface area contributed by atoms with E-state index in [0.29, 0.717) is 18.0 Å². The lowest BCUT2D eigenvalue weighted by atomic mass is 9.94. The normalized spacial score (nSPS) is 14.1. The van der Waals surface area contributed by atoms with Crippen LogP contribution in [0.4, 0.5) is 5.69 Å². The highest BCUT2D eigenvalue weighted by Crippen LogP contribution is 2.28. The Morgan fingerprint density at radius 2 is 1.55 bits per heavy atom. The van der Waals surface area contributed by atoms with Crippen molar-refractivity contribution >= 4 is 43.5 Å². The van der Waals surface area contributed by atoms with E-state index in [0.717, 1.165) is 57.6 Å². The van der Waals surface area contributed by atoms with Crippen LogP contribution in [0, 0.1) is 6.92 Å². The molecule has 1 aliphatic rings. The molecule has 0 radical (unpaired) electrons. The molecule has 0 unspecified atom stereocenters. The van der Waals surface area contributed by atoms with E-state index < -0.39 is 28.5 Å². The van der Waals surface area contributed by atoms with Crippen LogP contribution in [0.15, 0.2) is 112 Å². The van der Waals surface area contributed by atoms with Gasteiger partial charge in [-0.15, -0.1) is 0 Å². The van der Waals surface area contributed by atoms with Crippen LogP contribution in [-0.4, -0.2) is 50.4 Å². The summed E-state index contributed by atoms with van der Waals surface area (Å²) < 4.78 is 36.2. The standard InChI is InChI=1S/C39H44BrN3O5S/c1-3-48-35-21-19-34(20-22-35)43(49(46,47)36-23-17-29(2)18-24-36)28-38(44)42(27-31-13-10-14-32(40)25-31)37(26-30-11-6-4-7-12-30)39(45)41-33-15-8-5-9-16-33/h4,6-7,10-14,17-25,33,37H,3,5,8-9,15-16,26-28H2,1-2H3,(H,41,45)/t37-/m0/s1. The van der Waals surface area contributed by atoms with Crippen molar-refractivity contribution in [3.8, 4) is 5.75 Å². The topological polar surface area (TPSA) is 96.0 Å². The summed E-state index contributed by atoms with van der Waals surface area (Å²) in [5, 5.41) is 3.25. The predicted octanol–water partition coefficient (Wildman–Crippen LogP) is 7.44. The third-order valence-corrected chi connectivity index (χ3v) is 11.1. The van der Waals surface area contributed by atoms with Gasteiger partial charge in [-0.1, -0.05) is 95.4 Å². The number of ether oxygens (including phenoxy) is 1. The van der Waals surface area contributed by atoms with E-state index in [4.69, 9.17) is 4.74 Å². The average Bonchev–Trinajstić information content (AvgIpc) is 3.10. The third kappa shape index (κ3) is 9.73. The summed E-state index contributed by atoms with van der Waals surface area (Å²) in [7, 11) is -4.19. The number of carbonyl (C=O) groups excluding carboxylic acids is 2. The number of anilines is 1. The smallest absolute Gasteiger partial charge is 0.264 e. The van der Waals surface area contributed by atoms with Crippen LogP contribution >= 0.6 is 15.9 Å². The third-order valence-electron chi connectivity index (χ3n) is 8.79. The minimum Gasteiger partial charge on any atom is -0.494 e. The van der Waals surface area contributed by atoms with Crippen molar-refractivity contribution in [2.24, 2.45) is 0 Å². The summed E-state index contributed by atoms with van der Waals surface area (Å²) in [5.74, 6) is -0.152. The molecule has 1 fully saturated rings. The number of sulfonamides is 1. The molecule has 0 aliphatic heterocycles. The van der Waals surface area contributed by atoms with E-state index in [1.54, 1.807) is 53.4 Å². The van der Waals surface area contributed by atoms with Crippen molar-refractivity contribution in [2.75, 3.05) is 17.5 Å². The van der Waals surface area contributed by atoms with E-state index in [-0.39, 0.29) is 29.8 Å². The lowest BCUT2D eigenvalue weighted by molar-refractivity contribution is -0.140. The molecule has 1 atom stereocenters. The lowest BCUT2D eigenvalue weighted by Crippen LogP contribution is -2.55. The van der Waals surface area contributed by atoms with Crippen molar-refractivity contribution in [3.63, 3.8) is 0 Å². The zero-order chi connectivity index (χ0) is 34.8. The molecule has 1 N–H and O–H groups in total. The van der Waals surface area contributed by atoms with Gasteiger partial charge in [-0.3, -0.25) is 13.9 Å². The highest BCUT2D eigenvalue weighted by atomic mass is 79.9. The lowest BCUT2D eigenvalue weighted by Gasteiger charge is -2.35. The molecule has 0 bridgehead atoms. The molecule has 10 heteroatoms. The zero-order valence-electron chi connectivity index (χ0n) is 28.1. The van der Waals surface area contributed by atoms with Gasteiger partial charge in [-0.25, -0.2) is 8.42 Å². The van der Waals surface area contributed by atoms with Crippen LogP contribution < -0.4 is 14.4 Å². The van der Waals surface area contributed by atoms with Gasteiger partial charge in [0.25, 0.3) is 10.0 Å². The Bertz CT molecular complexity index is 1790. The number of hydrogen-bond donors (Lipinski definition) is 1. The van der Waals surface area contributed by atoms with Gasteiger partial charge in [0.15, 0.2) is 0 Å². The van der Waals surface area contributed by atoms with Gasteiger partial charge in [0.2, 0.25) is 11.8 Å². The maximum absolute atomic E-state index is 14.7. The molecule has 1 saturated carbocycles. The molecule has 4 aromatic rings. The monoisotopic (exact) mass is 745 g/mol. The fraction of sp³-hybridized carbons (Fsp3) is 0.333. The summed E-state index contributed by atoms with van der Waals surface area (Å²) in [6.45, 7) is 3.81. The summed E-state index contributed by atoms with van der Waals surface area (Å²) in [4.78, 5) is 30.6. The Hall–Kier alpha value is -4.15. The van der Waals surface area contributed by atoms with E-state index in [1.807, 2.05) is 68.4 Å². The maximum Gasteiger partial charge on any atom is 0.264 e. The summed E-state index contributed by atoms with van der Waals surface area (Å²) in [5.41, 5.74) is 2.93. The highest BCUT2D eigenvalue weighted by Gasteiger charge is 2.35. The Labute approximate surface area is 298 Å². The van der Waals surface area contributed by atoms with Crippen LogP contribution in [0.25, 0.3) is 0 Å². The molecule has 0 saturated heterocycles. The highest BCUT2D eigenvalue weighted by molar-refractivity contribution is 9.10. The van der Waals surface area contributed by atoms with Crippen LogP contribution in [0.3, 0.4) is 0 Å². The SMILES string of the molecule is CCOc1ccc(N(CC(=O)N(Cc2cccc(Br)c2)[C@@H](Cc2ccccc2)C(=O)NC2CCCCC2)S(=O)(=O)c2ccc(C)cc2)cc1. The molecule has 49 heavy (non-hydrogen) atoms. The number of carbonyl (C=O) groups is 2. The van der Waals surface area contributed by atoms with Gasteiger partial charge in [-0.05, 0) is 86.3 Å². The fourth-order valence-corrected chi connectivity index (χ4v) is 8.03. The van der Waals surface area contributed by atoms with Crippen LogP contribution in [0.5, 0.6) is 5.75 Å². The van der Waals surface area contributed by atoms with Crippen molar-refractivity contribution in [3.05, 3.63) is 124 Å². The van der Waals surface area contributed by atoms with Gasteiger partial charge in [-0.2, -0.15) is 0 Å². The van der Waals surface area contributed by atoms with Gasteiger partial charge in [0.1, 0.15) is 18.3 Å². The number of benzene rings is 4. The first-order chi connectivity index (χ1) is 23.6. The molecule has 0 aromatic heterocycles. The first-order valence-electron chi connectivity index (χ1n) is 16.8. The maximum atomic E-state index is 14.7. The van der Waals surface area contributed by atoms with Crippen molar-refractivity contribution in [1.29, 1.82) is 0 Å². The molecular formula is C39H44BrN3O5S. The number of nitrogens with zero attached hydrogens (tertiary/aromatic N) is 2. The second-order valence-corrected chi connectivity index (χ2v) is 15.2. The molecule has 0 spiro atoms.